The van der Waals surface area contributed by atoms with E-state index in [1.807, 2.05) is 36.4 Å². The third-order valence-corrected chi connectivity index (χ3v) is 5.96. The van der Waals surface area contributed by atoms with Gasteiger partial charge in [0.25, 0.3) is 5.91 Å². The molecule has 0 saturated heterocycles. The average Bonchev–Trinajstić information content (AvgIpc) is 3.26. The molecule has 1 aromatic heterocycles. The summed E-state index contributed by atoms with van der Waals surface area (Å²) in [4.78, 5) is 18.5. The van der Waals surface area contributed by atoms with Gasteiger partial charge in [0.15, 0.2) is 11.5 Å². The van der Waals surface area contributed by atoms with Crippen LogP contribution in [0.4, 0.5) is 0 Å². The maximum Gasteiger partial charge on any atom is 0.252 e. The molecular formula is C28H31N3O4. The third kappa shape index (κ3) is 5.09. The molecule has 182 valence electrons. The molecule has 0 fully saturated rings. The van der Waals surface area contributed by atoms with Gasteiger partial charge in [-0.1, -0.05) is 49.4 Å². The van der Waals surface area contributed by atoms with Crippen molar-refractivity contribution >= 4 is 16.9 Å². The number of nitrogens with one attached hydrogen (secondary N) is 1. The van der Waals surface area contributed by atoms with Gasteiger partial charge < -0.3 is 24.1 Å². The average molecular weight is 474 g/mol. The van der Waals surface area contributed by atoms with Crippen LogP contribution in [-0.2, 0) is 13.0 Å². The number of fused-ring (bicyclic) bond motifs is 1. The number of aryl methyl sites for hydroxylation is 1. The lowest BCUT2D eigenvalue weighted by molar-refractivity contribution is 0.0933. The van der Waals surface area contributed by atoms with Crippen molar-refractivity contribution in [3.05, 3.63) is 83.7 Å². The molecule has 0 bridgehead atoms. The molecule has 7 heteroatoms. The van der Waals surface area contributed by atoms with Crippen molar-refractivity contribution in [2.45, 2.75) is 32.4 Å². The van der Waals surface area contributed by atoms with Gasteiger partial charge in [0.05, 0.1) is 38.4 Å². The first-order valence-electron chi connectivity index (χ1n) is 11.7. The molecule has 0 saturated carbocycles. The highest BCUT2D eigenvalue weighted by atomic mass is 16.5. The van der Waals surface area contributed by atoms with Gasteiger partial charge in [0, 0.05) is 12.1 Å². The van der Waals surface area contributed by atoms with Crippen LogP contribution >= 0.6 is 0 Å². The molecule has 0 unspecified atom stereocenters. The van der Waals surface area contributed by atoms with E-state index < -0.39 is 0 Å². The number of hydrogen-bond acceptors (Lipinski definition) is 5. The smallest absolute Gasteiger partial charge is 0.252 e. The first-order valence-corrected chi connectivity index (χ1v) is 11.7. The van der Waals surface area contributed by atoms with Crippen LogP contribution in [0.25, 0.3) is 11.0 Å². The molecule has 3 aromatic carbocycles. The van der Waals surface area contributed by atoms with Crippen molar-refractivity contribution in [2.75, 3.05) is 21.3 Å². The maximum atomic E-state index is 13.5. The Kier molecular flexibility index (Phi) is 7.55. The van der Waals surface area contributed by atoms with Crippen LogP contribution in [-0.4, -0.2) is 36.8 Å². The van der Waals surface area contributed by atoms with Gasteiger partial charge in [0.2, 0.25) is 5.75 Å². The predicted octanol–water partition coefficient (Wildman–Crippen LogP) is 5.19. The number of aromatic nitrogens is 2. The van der Waals surface area contributed by atoms with Gasteiger partial charge in [-0.05, 0) is 42.7 Å². The number of imidazole rings is 1. The summed E-state index contributed by atoms with van der Waals surface area (Å²) < 4.78 is 18.5. The van der Waals surface area contributed by atoms with Crippen LogP contribution in [0.15, 0.2) is 66.7 Å². The van der Waals surface area contributed by atoms with Crippen molar-refractivity contribution in [3.8, 4) is 17.2 Å². The van der Waals surface area contributed by atoms with Crippen LogP contribution in [0.1, 0.15) is 41.1 Å². The van der Waals surface area contributed by atoms with Gasteiger partial charge >= 0.3 is 0 Å². The van der Waals surface area contributed by atoms with Gasteiger partial charge in [0.1, 0.15) is 5.82 Å². The molecular weight excluding hydrogens is 442 g/mol. The molecule has 4 aromatic rings. The zero-order valence-electron chi connectivity index (χ0n) is 20.6. The largest absolute Gasteiger partial charge is 0.493 e. The fraction of sp³-hybridized carbons (Fsp3) is 0.286. The minimum absolute atomic E-state index is 0.250. The van der Waals surface area contributed by atoms with E-state index in [0.29, 0.717) is 29.2 Å². The number of nitrogens with zero attached hydrogens (tertiary/aromatic N) is 2. The highest BCUT2D eigenvalue weighted by Crippen LogP contribution is 2.38. The highest BCUT2D eigenvalue weighted by Gasteiger charge is 2.25. The molecule has 0 aliphatic carbocycles. The summed E-state index contributed by atoms with van der Waals surface area (Å²) in [5.41, 5.74) is 3.49. The Hall–Kier alpha value is -4.00. The van der Waals surface area contributed by atoms with Crippen LogP contribution in [0.2, 0.25) is 0 Å². The van der Waals surface area contributed by atoms with E-state index in [0.717, 1.165) is 35.4 Å². The quantitative estimate of drug-likeness (QED) is 0.343. The summed E-state index contributed by atoms with van der Waals surface area (Å²) >= 11 is 0. The zero-order chi connectivity index (χ0) is 24.8. The first kappa shape index (κ1) is 24.1. The fourth-order valence-electron chi connectivity index (χ4n) is 4.33. The van der Waals surface area contributed by atoms with Gasteiger partial charge in [-0.25, -0.2) is 4.98 Å². The molecule has 0 aliphatic rings. The standard InChI is InChI=1S/C28H31N3O4/c1-5-15-31-23-14-10-9-13-21(23)29-27(31)22(16-19-11-7-6-8-12-19)30-28(32)20-17-24(33-2)26(35-4)25(18-20)34-3/h6-14,17-18,22H,5,15-16H2,1-4H3,(H,30,32)/t22-/m1/s1. The SMILES string of the molecule is CCCn1c([C@@H](Cc2ccccc2)NC(=O)c2cc(OC)c(OC)c(OC)c2)nc2ccccc21. The lowest BCUT2D eigenvalue weighted by atomic mass is 10.0. The second-order valence-electron chi connectivity index (χ2n) is 8.24. The Morgan fingerprint density at radius 2 is 1.60 bits per heavy atom. The van der Waals surface area contributed by atoms with Crippen molar-refractivity contribution in [3.63, 3.8) is 0 Å². The molecule has 35 heavy (non-hydrogen) atoms. The van der Waals surface area contributed by atoms with Crippen LogP contribution < -0.4 is 19.5 Å². The number of rotatable bonds is 10. The second kappa shape index (κ2) is 11.0. The Balaban J connectivity index is 1.76. The van der Waals surface area contributed by atoms with Crippen molar-refractivity contribution in [2.24, 2.45) is 0 Å². The Bertz CT molecular complexity index is 1280. The van der Waals surface area contributed by atoms with E-state index in [1.54, 1.807) is 12.1 Å². The molecule has 0 aliphatic heterocycles. The summed E-state index contributed by atoms with van der Waals surface area (Å²) in [5.74, 6) is 1.87. The monoisotopic (exact) mass is 473 g/mol. The number of para-hydroxylation sites is 2. The van der Waals surface area contributed by atoms with Crippen molar-refractivity contribution in [1.82, 2.24) is 14.9 Å². The Morgan fingerprint density at radius 1 is 0.943 bits per heavy atom. The number of carbonyl (C=O) groups excluding carboxylic acids is 1. The predicted molar refractivity (Wildman–Crippen MR) is 136 cm³/mol. The minimum atomic E-state index is -0.344. The summed E-state index contributed by atoms with van der Waals surface area (Å²) in [6.45, 7) is 2.94. The molecule has 1 atom stereocenters. The summed E-state index contributed by atoms with van der Waals surface area (Å²) in [6.07, 6.45) is 1.55. The van der Waals surface area contributed by atoms with E-state index in [2.05, 4.69) is 35.0 Å². The van der Waals surface area contributed by atoms with E-state index in [1.165, 1.54) is 21.3 Å². The van der Waals surface area contributed by atoms with Gasteiger partial charge in [-0.2, -0.15) is 0 Å². The molecule has 1 heterocycles. The third-order valence-electron chi connectivity index (χ3n) is 5.96. The maximum absolute atomic E-state index is 13.5. The zero-order valence-corrected chi connectivity index (χ0v) is 20.6. The van der Waals surface area contributed by atoms with E-state index in [-0.39, 0.29) is 11.9 Å². The normalized spacial score (nSPS) is 11.8. The van der Waals surface area contributed by atoms with E-state index in [9.17, 15) is 4.79 Å². The molecule has 0 spiro atoms. The molecule has 1 amide bonds. The number of methoxy groups -OCH3 is 3. The van der Waals surface area contributed by atoms with Crippen molar-refractivity contribution in [1.29, 1.82) is 0 Å². The van der Waals surface area contributed by atoms with Gasteiger partial charge in [-0.3, -0.25) is 4.79 Å². The molecule has 1 N–H and O–H groups in total. The Labute approximate surface area is 205 Å². The van der Waals surface area contributed by atoms with Crippen LogP contribution in [0.3, 0.4) is 0 Å². The molecule has 7 nitrogen and oxygen atoms in total. The summed E-state index contributed by atoms with van der Waals surface area (Å²) in [5, 5.41) is 3.22. The lowest BCUT2D eigenvalue weighted by Gasteiger charge is -2.21. The summed E-state index contributed by atoms with van der Waals surface area (Å²) in [7, 11) is 4.60. The molecule has 4 rings (SSSR count). The van der Waals surface area contributed by atoms with E-state index in [4.69, 9.17) is 19.2 Å². The lowest BCUT2D eigenvalue weighted by Crippen LogP contribution is -2.32. The second-order valence-corrected chi connectivity index (χ2v) is 8.24. The molecule has 0 radical (unpaired) electrons. The van der Waals surface area contributed by atoms with E-state index >= 15 is 0 Å². The minimum Gasteiger partial charge on any atom is -0.493 e. The number of amides is 1. The first-order chi connectivity index (χ1) is 17.1. The Morgan fingerprint density at radius 3 is 2.23 bits per heavy atom. The number of hydrogen-bond donors (Lipinski definition) is 1. The fourth-order valence-corrected chi connectivity index (χ4v) is 4.33. The number of carbonyl (C=O) groups is 1. The van der Waals surface area contributed by atoms with Crippen LogP contribution in [0, 0.1) is 0 Å². The number of benzene rings is 3. The van der Waals surface area contributed by atoms with Crippen molar-refractivity contribution < 1.29 is 19.0 Å². The number of ether oxygens (including phenoxy) is 3. The summed E-state index contributed by atoms with van der Waals surface area (Å²) in [6, 6.07) is 21.2. The highest BCUT2D eigenvalue weighted by molar-refractivity contribution is 5.96. The topological polar surface area (TPSA) is 74.6 Å². The van der Waals surface area contributed by atoms with Gasteiger partial charge in [-0.15, -0.1) is 0 Å². The van der Waals surface area contributed by atoms with Crippen LogP contribution in [0.5, 0.6) is 17.2 Å².